The summed E-state index contributed by atoms with van der Waals surface area (Å²) in [6.45, 7) is 3.94. The summed E-state index contributed by atoms with van der Waals surface area (Å²) in [4.78, 5) is 0.369. The van der Waals surface area contributed by atoms with Gasteiger partial charge in [-0.15, -0.1) is 0 Å². The molecule has 0 spiro atoms. The maximum Gasteiger partial charge on any atom is 0.190 e. The molecule has 14 heavy (non-hydrogen) atoms. The van der Waals surface area contributed by atoms with Crippen LogP contribution in [0.4, 0.5) is 0 Å². The van der Waals surface area contributed by atoms with Crippen molar-refractivity contribution in [3.63, 3.8) is 0 Å². The van der Waals surface area contributed by atoms with Gasteiger partial charge in [-0.05, 0) is 25.5 Å². The van der Waals surface area contributed by atoms with Crippen LogP contribution in [0.25, 0.3) is 0 Å². The smallest absolute Gasteiger partial charge is 0.190 e. The van der Waals surface area contributed by atoms with Gasteiger partial charge in [0.1, 0.15) is 16.2 Å². The number of ether oxygens (including phenoxy) is 1. The Hall–Kier alpha value is -0.870. The van der Waals surface area contributed by atoms with Crippen LogP contribution in [0, 0.1) is 0 Å². The molecule has 0 saturated carbocycles. The molecule has 1 heterocycles. The van der Waals surface area contributed by atoms with Crippen molar-refractivity contribution in [2.24, 2.45) is 0 Å². The van der Waals surface area contributed by atoms with Gasteiger partial charge in [-0.25, -0.2) is 4.21 Å². The van der Waals surface area contributed by atoms with E-state index < -0.39 is 11.1 Å². The number of rotatable bonds is 1. The van der Waals surface area contributed by atoms with Crippen LogP contribution in [0.5, 0.6) is 5.75 Å². The van der Waals surface area contributed by atoms with Gasteiger partial charge in [0.05, 0.1) is 0 Å². The van der Waals surface area contributed by atoms with Gasteiger partial charge < -0.3 is 9.29 Å². The molecule has 1 unspecified atom stereocenters. The molecule has 3 nitrogen and oxygen atoms in total. The lowest BCUT2D eigenvalue weighted by atomic mass is 10.0. The first kappa shape index (κ1) is 9.68. The predicted molar refractivity (Wildman–Crippen MR) is 53.9 cm³/mol. The molecule has 0 fully saturated rings. The Bertz CT molecular complexity index is 398. The Kier molecular flexibility index (Phi) is 2.12. The first-order valence-corrected chi connectivity index (χ1v) is 5.52. The van der Waals surface area contributed by atoms with E-state index in [2.05, 4.69) is 0 Å². The second kappa shape index (κ2) is 3.07. The SMILES string of the molecule is CC1(C)Cc2cccc(S(=O)O)c2O1. The molecule has 1 aromatic carbocycles. The van der Waals surface area contributed by atoms with Crippen molar-refractivity contribution < 1.29 is 13.5 Å². The highest BCUT2D eigenvalue weighted by molar-refractivity contribution is 7.79. The van der Waals surface area contributed by atoms with E-state index >= 15 is 0 Å². The second-order valence-electron chi connectivity index (χ2n) is 4.03. The first-order chi connectivity index (χ1) is 6.49. The number of benzene rings is 1. The molecule has 2 rings (SSSR count). The molecule has 4 heteroatoms. The van der Waals surface area contributed by atoms with E-state index in [4.69, 9.17) is 9.29 Å². The van der Waals surface area contributed by atoms with E-state index in [9.17, 15) is 4.21 Å². The predicted octanol–water partition coefficient (Wildman–Crippen LogP) is 1.98. The molecule has 1 aliphatic rings. The maximum absolute atomic E-state index is 11.0. The van der Waals surface area contributed by atoms with Crippen molar-refractivity contribution in [1.82, 2.24) is 0 Å². The molecule has 0 aromatic heterocycles. The normalized spacial score (nSPS) is 19.9. The summed E-state index contributed by atoms with van der Waals surface area (Å²) in [7, 11) is 0. The van der Waals surface area contributed by atoms with Crippen molar-refractivity contribution in [2.75, 3.05) is 0 Å². The highest BCUT2D eigenvalue weighted by atomic mass is 32.2. The Labute approximate surface area is 85.4 Å². The summed E-state index contributed by atoms with van der Waals surface area (Å²) < 4.78 is 25.7. The fourth-order valence-electron chi connectivity index (χ4n) is 1.72. The standard InChI is InChI=1S/C10H12O3S/c1-10(2)6-7-4-3-5-8(14(11)12)9(7)13-10/h3-5H,6H2,1-2H3,(H,11,12). The molecule has 1 N–H and O–H groups in total. The summed E-state index contributed by atoms with van der Waals surface area (Å²) >= 11 is -1.97. The molecule has 0 saturated heterocycles. The van der Waals surface area contributed by atoms with Crippen LogP contribution in [0.1, 0.15) is 19.4 Å². The quantitative estimate of drug-likeness (QED) is 0.724. The third-order valence-electron chi connectivity index (χ3n) is 2.24. The van der Waals surface area contributed by atoms with Crippen LogP contribution in [0.3, 0.4) is 0 Å². The zero-order chi connectivity index (χ0) is 10.3. The zero-order valence-electron chi connectivity index (χ0n) is 8.11. The molecule has 0 aliphatic carbocycles. The lowest BCUT2D eigenvalue weighted by molar-refractivity contribution is 0.135. The van der Waals surface area contributed by atoms with E-state index in [1.54, 1.807) is 12.1 Å². The van der Waals surface area contributed by atoms with Gasteiger partial charge in [0, 0.05) is 6.42 Å². The molecule has 1 atom stereocenters. The number of fused-ring (bicyclic) bond motifs is 1. The third kappa shape index (κ3) is 1.55. The average Bonchev–Trinajstić information content (AvgIpc) is 2.36. The van der Waals surface area contributed by atoms with E-state index in [0.29, 0.717) is 10.6 Å². The van der Waals surface area contributed by atoms with E-state index in [0.717, 1.165) is 12.0 Å². The lowest BCUT2D eigenvalue weighted by Gasteiger charge is -2.17. The van der Waals surface area contributed by atoms with Gasteiger partial charge in [-0.2, -0.15) is 0 Å². The molecular weight excluding hydrogens is 200 g/mol. The van der Waals surface area contributed by atoms with E-state index in [1.165, 1.54) is 0 Å². The van der Waals surface area contributed by atoms with Crippen molar-refractivity contribution in [1.29, 1.82) is 0 Å². The van der Waals surface area contributed by atoms with Crippen LogP contribution in [-0.4, -0.2) is 14.4 Å². The highest BCUT2D eigenvalue weighted by Crippen LogP contribution is 2.38. The van der Waals surface area contributed by atoms with Crippen LogP contribution < -0.4 is 4.74 Å². The second-order valence-corrected chi connectivity index (χ2v) is 4.97. The van der Waals surface area contributed by atoms with Crippen molar-refractivity contribution in [3.05, 3.63) is 23.8 Å². The molecule has 1 aliphatic heterocycles. The van der Waals surface area contributed by atoms with Crippen LogP contribution in [0.15, 0.2) is 23.1 Å². The first-order valence-electron chi connectivity index (χ1n) is 4.41. The molecule has 0 bridgehead atoms. The Morgan fingerprint density at radius 3 is 2.86 bits per heavy atom. The van der Waals surface area contributed by atoms with Gasteiger partial charge in [0.2, 0.25) is 0 Å². The third-order valence-corrected chi connectivity index (χ3v) is 2.94. The minimum atomic E-state index is -1.97. The summed E-state index contributed by atoms with van der Waals surface area (Å²) in [5.41, 5.74) is 0.743. The van der Waals surface area contributed by atoms with Crippen LogP contribution >= 0.6 is 0 Å². The van der Waals surface area contributed by atoms with Gasteiger partial charge in [-0.3, -0.25) is 0 Å². The van der Waals surface area contributed by atoms with Gasteiger partial charge in [0.15, 0.2) is 11.1 Å². The van der Waals surface area contributed by atoms with Crippen LogP contribution in [0.2, 0.25) is 0 Å². The Morgan fingerprint density at radius 2 is 2.21 bits per heavy atom. The molecule has 0 amide bonds. The summed E-state index contributed by atoms with van der Waals surface area (Å²) in [5, 5.41) is 0. The Morgan fingerprint density at radius 1 is 1.50 bits per heavy atom. The van der Waals surface area contributed by atoms with E-state index in [-0.39, 0.29) is 5.60 Å². The maximum atomic E-state index is 11.0. The fraction of sp³-hybridized carbons (Fsp3) is 0.400. The number of hydrogen-bond donors (Lipinski definition) is 1. The van der Waals surface area contributed by atoms with Crippen molar-refractivity contribution in [2.45, 2.75) is 30.8 Å². The zero-order valence-corrected chi connectivity index (χ0v) is 8.93. The lowest BCUT2D eigenvalue weighted by Crippen LogP contribution is -2.24. The summed E-state index contributed by atoms with van der Waals surface area (Å²) in [6.07, 6.45) is 0.785. The van der Waals surface area contributed by atoms with Crippen molar-refractivity contribution in [3.8, 4) is 5.75 Å². The summed E-state index contributed by atoms with van der Waals surface area (Å²) in [6, 6.07) is 5.34. The minimum Gasteiger partial charge on any atom is -0.486 e. The molecule has 1 aromatic rings. The Balaban J connectivity index is 2.52. The average molecular weight is 212 g/mol. The minimum absolute atomic E-state index is 0.266. The number of para-hydroxylation sites is 1. The summed E-state index contributed by atoms with van der Waals surface area (Å²) in [5.74, 6) is 0.582. The van der Waals surface area contributed by atoms with Gasteiger partial charge in [-0.1, -0.05) is 12.1 Å². The fourth-order valence-corrected chi connectivity index (χ4v) is 2.25. The monoisotopic (exact) mass is 212 g/mol. The van der Waals surface area contributed by atoms with Crippen molar-refractivity contribution >= 4 is 11.1 Å². The molecule has 76 valence electrons. The van der Waals surface area contributed by atoms with Gasteiger partial charge in [0.25, 0.3) is 0 Å². The molecule has 0 radical (unpaired) electrons. The van der Waals surface area contributed by atoms with Gasteiger partial charge >= 0.3 is 0 Å². The largest absolute Gasteiger partial charge is 0.486 e. The van der Waals surface area contributed by atoms with E-state index in [1.807, 2.05) is 19.9 Å². The molecular formula is C10H12O3S. The topological polar surface area (TPSA) is 46.5 Å². The number of hydrogen-bond acceptors (Lipinski definition) is 2. The highest BCUT2D eigenvalue weighted by Gasteiger charge is 2.32. The van der Waals surface area contributed by atoms with Crippen LogP contribution in [-0.2, 0) is 17.5 Å².